The fourth-order valence-electron chi connectivity index (χ4n) is 4.05. The van der Waals surface area contributed by atoms with E-state index in [4.69, 9.17) is 23.2 Å². The Kier molecular flexibility index (Phi) is 4.43. The molecule has 0 saturated carbocycles. The smallest absolute Gasteiger partial charge is 0.272 e. The number of likely N-dealkylation sites (tertiary alicyclic amines) is 1. The monoisotopic (exact) mass is 433 g/mol. The van der Waals surface area contributed by atoms with Crippen molar-refractivity contribution in [3.63, 3.8) is 0 Å². The number of fused-ring (bicyclic) bond motifs is 3. The molecular formula is C19H17Cl2N5OS. The van der Waals surface area contributed by atoms with Gasteiger partial charge >= 0.3 is 0 Å². The molecule has 1 atom stereocenters. The molecule has 4 heterocycles. The van der Waals surface area contributed by atoms with Crippen LogP contribution in [0, 0.1) is 0 Å². The van der Waals surface area contributed by atoms with Gasteiger partial charge in [0.15, 0.2) is 5.82 Å². The predicted octanol–water partition coefficient (Wildman–Crippen LogP) is 4.29. The van der Waals surface area contributed by atoms with Gasteiger partial charge in [-0.1, -0.05) is 29.3 Å². The highest BCUT2D eigenvalue weighted by atomic mass is 35.5. The Labute approximate surface area is 174 Å². The minimum absolute atomic E-state index is 0.0358. The van der Waals surface area contributed by atoms with Gasteiger partial charge in [-0.3, -0.25) is 18.7 Å². The van der Waals surface area contributed by atoms with Gasteiger partial charge in [-0.2, -0.15) is 0 Å². The molecule has 0 spiro atoms. The van der Waals surface area contributed by atoms with E-state index in [2.05, 4.69) is 15.1 Å². The normalized spacial score (nSPS) is 17.9. The van der Waals surface area contributed by atoms with Gasteiger partial charge in [0.25, 0.3) is 5.56 Å². The van der Waals surface area contributed by atoms with Gasteiger partial charge in [-0.25, -0.2) is 0 Å². The minimum Gasteiger partial charge on any atom is -0.289 e. The molecule has 0 N–H and O–H groups in total. The Morgan fingerprint density at radius 2 is 2.07 bits per heavy atom. The van der Waals surface area contributed by atoms with Crippen molar-refractivity contribution in [2.75, 3.05) is 6.54 Å². The predicted molar refractivity (Wildman–Crippen MR) is 112 cm³/mol. The highest BCUT2D eigenvalue weighted by Crippen LogP contribution is 2.36. The SMILES string of the molecule is Cn1c(=O)c2sccc2n2c(CN3CCCC3c3ccc(Cl)c(Cl)c3)nnc12. The fraction of sp³-hybridized carbons (Fsp3) is 0.316. The molecule has 4 aromatic rings. The highest BCUT2D eigenvalue weighted by Gasteiger charge is 2.28. The number of nitrogens with zero attached hydrogens (tertiary/aromatic N) is 5. The lowest BCUT2D eigenvalue weighted by Crippen LogP contribution is -2.25. The molecule has 6 nitrogen and oxygen atoms in total. The Balaban J connectivity index is 1.56. The first-order chi connectivity index (χ1) is 13.5. The molecule has 0 radical (unpaired) electrons. The van der Waals surface area contributed by atoms with Gasteiger partial charge in [-0.15, -0.1) is 21.5 Å². The van der Waals surface area contributed by atoms with Gasteiger partial charge in [0.05, 0.1) is 22.1 Å². The van der Waals surface area contributed by atoms with Crippen LogP contribution in [0.25, 0.3) is 16.0 Å². The van der Waals surface area contributed by atoms with Gasteiger partial charge in [0.2, 0.25) is 5.78 Å². The number of benzene rings is 1. The second-order valence-electron chi connectivity index (χ2n) is 7.05. The number of aryl methyl sites for hydroxylation is 1. The molecule has 1 aromatic carbocycles. The van der Waals surface area contributed by atoms with Crippen LogP contribution >= 0.6 is 34.5 Å². The number of hydrogen-bond donors (Lipinski definition) is 0. The summed E-state index contributed by atoms with van der Waals surface area (Å²) in [6, 6.07) is 8.07. The first-order valence-corrected chi connectivity index (χ1v) is 10.7. The molecule has 1 aliphatic heterocycles. The Hall–Kier alpha value is -1.93. The van der Waals surface area contributed by atoms with Crippen LogP contribution in [0.3, 0.4) is 0 Å². The van der Waals surface area contributed by atoms with Crippen molar-refractivity contribution in [1.29, 1.82) is 0 Å². The average Bonchev–Trinajstić information content (AvgIpc) is 3.41. The molecule has 28 heavy (non-hydrogen) atoms. The summed E-state index contributed by atoms with van der Waals surface area (Å²) in [6.45, 7) is 1.62. The van der Waals surface area contributed by atoms with E-state index in [0.717, 1.165) is 41.0 Å². The summed E-state index contributed by atoms with van der Waals surface area (Å²) in [5.74, 6) is 1.40. The van der Waals surface area contributed by atoms with Crippen molar-refractivity contribution in [2.45, 2.75) is 25.4 Å². The van der Waals surface area contributed by atoms with Crippen LogP contribution in [0.15, 0.2) is 34.4 Å². The van der Waals surface area contributed by atoms with Crippen LogP contribution in [-0.2, 0) is 13.6 Å². The lowest BCUT2D eigenvalue weighted by molar-refractivity contribution is 0.241. The molecule has 5 rings (SSSR count). The van der Waals surface area contributed by atoms with Gasteiger partial charge in [-0.05, 0) is 48.5 Å². The van der Waals surface area contributed by atoms with Crippen LogP contribution in [-0.4, -0.2) is 30.6 Å². The summed E-state index contributed by atoms with van der Waals surface area (Å²) in [6.07, 6.45) is 2.16. The van der Waals surface area contributed by atoms with Crippen molar-refractivity contribution in [1.82, 2.24) is 24.1 Å². The third-order valence-corrected chi connectivity index (χ3v) is 7.06. The van der Waals surface area contributed by atoms with Crippen molar-refractivity contribution < 1.29 is 0 Å². The Morgan fingerprint density at radius 3 is 2.89 bits per heavy atom. The molecule has 1 fully saturated rings. The first kappa shape index (κ1) is 18.1. The van der Waals surface area contributed by atoms with Crippen LogP contribution in [0.1, 0.15) is 30.3 Å². The highest BCUT2D eigenvalue weighted by molar-refractivity contribution is 7.17. The molecule has 0 amide bonds. The standard InChI is InChI=1S/C19H17Cl2N5OS/c1-24-18(27)17-15(6-8-28-17)26-16(22-23-19(24)26)10-25-7-2-3-14(25)11-4-5-12(20)13(21)9-11/h4-6,8-9,14H,2-3,7,10H2,1H3. The largest absolute Gasteiger partial charge is 0.289 e. The molecular weight excluding hydrogens is 417 g/mol. The van der Waals surface area contributed by atoms with Gasteiger partial charge < -0.3 is 0 Å². The van der Waals surface area contributed by atoms with E-state index in [9.17, 15) is 4.79 Å². The van der Waals surface area contributed by atoms with E-state index in [1.165, 1.54) is 11.3 Å². The third kappa shape index (κ3) is 2.76. The second kappa shape index (κ2) is 6.84. The minimum atomic E-state index is -0.0358. The topological polar surface area (TPSA) is 55.4 Å². The molecule has 3 aromatic heterocycles. The Bertz CT molecular complexity index is 1260. The number of aromatic nitrogens is 4. The number of hydrogen-bond acceptors (Lipinski definition) is 5. The third-order valence-electron chi connectivity index (χ3n) is 5.43. The van der Waals surface area contributed by atoms with E-state index < -0.39 is 0 Å². The van der Waals surface area contributed by atoms with E-state index in [-0.39, 0.29) is 11.6 Å². The number of thiophene rings is 1. The Morgan fingerprint density at radius 1 is 1.21 bits per heavy atom. The maximum absolute atomic E-state index is 12.5. The van der Waals surface area contributed by atoms with E-state index in [1.54, 1.807) is 11.6 Å². The molecule has 144 valence electrons. The second-order valence-corrected chi connectivity index (χ2v) is 8.78. The molecule has 0 aliphatic carbocycles. The van der Waals surface area contributed by atoms with Crippen molar-refractivity contribution in [2.24, 2.45) is 7.05 Å². The first-order valence-electron chi connectivity index (χ1n) is 9.04. The summed E-state index contributed by atoms with van der Waals surface area (Å²) in [4.78, 5) is 14.9. The van der Waals surface area contributed by atoms with Crippen LogP contribution in [0.4, 0.5) is 0 Å². The molecule has 1 aliphatic rings. The van der Waals surface area contributed by atoms with Crippen molar-refractivity contribution >= 4 is 50.5 Å². The van der Waals surface area contributed by atoms with E-state index in [1.807, 2.05) is 34.0 Å². The summed E-state index contributed by atoms with van der Waals surface area (Å²) in [5, 5.41) is 11.8. The quantitative estimate of drug-likeness (QED) is 0.483. The maximum atomic E-state index is 12.5. The van der Waals surface area contributed by atoms with Crippen LogP contribution < -0.4 is 5.56 Å². The zero-order valence-corrected chi connectivity index (χ0v) is 17.4. The fourth-order valence-corrected chi connectivity index (χ4v) is 5.21. The van der Waals surface area contributed by atoms with E-state index in [0.29, 0.717) is 22.4 Å². The lowest BCUT2D eigenvalue weighted by Gasteiger charge is -2.24. The van der Waals surface area contributed by atoms with Crippen LogP contribution in [0.5, 0.6) is 0 Å². The van der Waals surface area contributed by atoms with E-state index >= 15 is 0 Å². The maximum Gasteiger partial charge on any atom is 0.272 e. The molecule has 1 saturated heterocycles. The van der Waals surface area contributed by atoms with Gasteiger partial charge in [0, 0.05) is 13.1 Å². The number of halogens is 2. The zero-order chi connectivity index (χ0) is 19.4. The van der Waals surface area contributed by atoms with Gasteiger partial charge in [0.1, 0.15) is 4.70 Å². The van der Waals surface area contributed by atoms with Crippen LogP contribution in [0.2, 0.25) is 10.0 Å². The summed E-state index contributed by atoms with van der Waals surface area (Å²) in [7, 11) is 1.74. The summed E-state index contributed by atoms with van der Waals surface area (Å²) < 4.78 is 4.28. The molecule has 0 bridgehead atoms. The van der Waals surface area contributed by atoms with Crippen molar-refractivity contribution in [3.8, 4) is 0 Å². The molecule has 9 heteroatoms. The number of rotatable bonds is 3. The lowest BCUT2D eigenvalue weighted by atomic mass is 10.0. The molecule has 1 unspecified atom stereocenters. The average molecular weight is 434 g/mol. The zero-order valence-electron chi connectivity index (χ0n) is 15.1. The summed E-state index contributed by atoms with van der Waals surface area (Å²) in [5.41, 5.74) is 1.99. The van der Waals surface area contributed by atoms with Crippen molar-refractivity contribution in [3.05, 3.63) is 61.4 Å². The summed E-state index contributed by atoms with van der Waals surface area (Å²) >= 11 is 13.8.